The first kappa shape index (κ1) is 13.8. The molecule has 0 saturated heterocycles. The molecule has 0 unspecified atom stereocenters. The van der Waals surface area contributed by atoms with Gasteiger partial charge in [-0.05, 0) is 43.5 Å². The summed E-state index contributed by atoms with van der Waals surface area (Å²) < 4.78 is 15.4. The van der Waals surface area contributed by atoms with Crippen LogP contribution in [0.5, 0.6) is 0 Å². The fraction of sp³-hybridized carbons (Fsp3) is 0.333. The van der Waals surface area contributed by atoms with Crippen LogP contribution in [0.4, 0.5) is 4.39 Å². The number of nitrogens with one attached hydrogen (secondary N) is 1. The second kappa shape index (κ2) is 5.29. The Morgan fingerprint density at radius 1 is 1.48 bits per heavy atom. The van der Waals surface area contributed by atoms with Crippen molar-refractivity contribution in [2.75, 3.05) is 6.54 Å². The largest absolute Gasteiger partial charge is 0.388 e. The van der Waals surface area contributed by atoms with E-state index in [2.05, 4.69) is 10.4 Å². The third-order valence-corrected chi connectivity index (χ3v) is 3.82. The van der Waals surface area contributed by atoms with Gasteiger partial charge in [0.1, 0.15) is 11.5 Å². The third kappa shape index (κ3) is 2.80. The number of halogens is 1. The molecule has 110 valence electrons. The molecule has 1 aromatic heterocycles. The first-order valence-corrected chi connectivity index (χ1v) is 6.88. The highest BCUT2D eigenvalue weighted by Gasteiger charge is 2.34. The van der Waals surface area contributed by atoms with Crippen LogP contribution in [0.3, 0.4) is 0 Å². The van der Waals surface area contributed by atoms with Crippen LogP contribution in [0.1, 0.15) is 29.6 Å². The van der Waals surface area contributed by atoms with E-state index in [1.807, 2.05) is 0 Å². The number of aliphatic hydroxyl groups is 1. The first-order valence-electron chi connectivity index (χ1n) is 6.88. The van der Waals surface area contributed by atoms with Crippen LogP contribution in [0.15, 0.2) is 36.7 Å². The molecule has 3 rings (SSSR count). The Morgan fingerprint density at radius 2 is 2.29 bits per heavy atom. The summed E-state index contributed by atoms with van der Waals surface area (Å²) in [6.07, 6.45) is 5.54. The summed E-state index contributed by atoms with van der Waals surface area (Å²) in [6.45, 7) is 0.203. The lowest BCUT2D eigenvalue weighted by atomic mass is 9.80. The second-order valence-corrected chi connectivity index (χ2v) is 5.38. The maximum atomic E-state index is 14.0. The fourth-order valence-electron chi connectivity index (χ4n) is 2.35. The van der Waals surface area contributed by atoms with E-state index in [1.54, 1.807) is 24.5 Å². The average Bonchev–Trinajstić information content (AvgIpc) is 2.96. The lowest BCUT2D eigenvalue weighted by Crippen LogP contribution is -2.47. The van der Waals surface area contributed by atoms with Crippen LogP contribution in [-0.4, -0.2) is 32.9 Å². The van der Waals surface area contributed by atoms with Crippen LogP contribution in [0.2, 0.25) is 0 Å². The van der Waals surface area contributed by atoms with Gasteiger partial charge in [0, 0.05) is 24.5 Å². The first-order chi connectivity index (χ1) is 10.1. The predicted octanol–water partition coefficient (Wildman–Crippen LogP) is 1.66. The zero-order valence-electron chi connectivity index (χ0n) is 11.4. The van der Waals surface area contributed by atoms with E-state index < -0.39 is 11.4 Å². The molecule has 0 aliphatic heterocycles. The number of amides is 1. The van der Waals surface area contributed by atoms with E-state index in [4.69, 9.17) is 0 Å². The van der Waals surface area contributed by atoms with Gasteiger partial charge in [-0.1, -0.05) is 0 Å². The molecule has 21 heavy (non-hydrogen) atoms. The van der Waals surface area contributed by atoms with E-state index in [-0.39, 0.29) is 23.7 Å². The molecule has 1 amide bonds. The standard InChI is InChI=1S/C15H16FN3O2/c16-12-9-11(3-4-13(12)19-8-2-7-18-19)14(20)17-10-15(21)5-1-6-15/h2-4,7-9,21H,1,5-6,10H2,(H,17,20). The summed E-state index contributed by atoms with van der Waals surface area (Å²) in [5.41, 5.74) is -0.274. The predicted molar refractivity (Wildman–Crippen MR) is 74.7 cm³/mol. The molecular weight excluding hydrogens is 273 g/mol. The number of rotatable bonds is 4. The Balaban J connectivity index is 1.71. The van der Waals surface area contributed by atoms with Crippen molar-refractivity contribution < 1.29 is 14.3 Å². The van der Waals surface area contributed by atoms with Gasteiger partial charge in [-0.2, -0.15) is 5.10 Å². The van der Waals surface area contributed by atoms with Crippen LogP contribution >= 0.6 is 0 Å². The maximum Gasteiger partial charge on any atom is 0.251 e. The summed E-state index contributed by atoms with van der Waals surface area (Å²) >= 11 is 0. The average molecular weight is 289 g/mol. The lowest BCUT2D eigenvalue weighted by molar-refractivity contribution is -0.0300. The molecule has 1 aliphatic carbocycles. The molecule has 0 radical (unpaired) electrons. The number of carbonyl (C=O) groups is 1. The third-order valence-electron chi connectivity index (χ3n) is 3.82. The van der Waals surface area contributed by atoms with E-state index in [1.165, 1.54) is 16.8 Å². The molecule has 2 aromatic rings. The van der Waals surface area contributed by atoms with Crippen molar-refractivity contribution >= 4 is 5.91 Å². The molecule has 1 aromatic carbocycles. The van der Waals surface area contributed by atoms with Gasteiger partial charge in [0.2, 0.25) is 0 Å². The molecule has 0 bridgehead atoms. The van der Waals surface area contributed by atoms with Crippen molar-refractivity contribution in [3.63, 3.8) is 0 Å². The van der Waals surface area contributed by atoms with Crippen molar-refractivity contribution in [2.45, 2.75) is 24.9 Å². The molecule has 0 spiro atoms. The SMILES string of the molecule is O=C(NCC1(O)CCC1)c1ccc(-n2cccn2)c(F)c1. The van der Waals surface area contributed by atoms with Gasteiger partial charge >= 0.3 is 0 Å². The van der Waals surface area contributed by atoms with Gasteiger partial charge in [0.15, 0.2) is 0 Å². The second-order valence-electron chi connectivity index (χ2n) is 5.38. The lowest BCUT2D eigenvalue weighted by Gasteiger charge is -2.36. The van der Waals surface area contributed by atoms with Crippen molar-refractivity contribution in [3.8, 4) is 5.69 Å². The van der Waals surface area contributed by atoms with Crippen molar-refractivity contribution in [2.24, 2.45) is 0 Å². The zero-order valence-corrected chi connectivity index (χ0v) is 11.4. The Kier molecular flexibility index (Phi) is 3.47. The topological polar surface area (TPSA) is 67.2 Å². The molecule has 5 nitrogen and oxygen atoms in total. The number of aromatic nitrogens is 2. The number of benzene rings is 1. The molecule has 2 N–H and O–H groups in total. The van der Waals surface area contributed by atoms with Gasteiger partial charge in [0.05, 0.1) is 5.60 Å². The van der Waals surface area contributed by atoms with E-state index in [0.29, 0.717) is 12.8 Å². The molecule has 1 aliphatic rings. The number of carbonyl (C=O) groups excluding carboxylic acids is 1. The molecule has 1 heterocycles. The van der Waals surface area contributed by atoms with Gasteiger partial charge in [0.25, 0.3) is 5.91 Å². The van der Waals surface area contributed by atoms with Gasteiger partial charge in [-0.3, -0.25) is 4.79 Å². The minimum Gasteiger partial charge on any atom is -0.388 e. The number of hydrogen-bond acceptors (Lipinski definition) is 3. The Labute approximate surface area is 121 Å². The van der Waals surface area contributed by atoms with E-state index in [0.717, 1.165) is 6.42 Å². The van der Waals surface area contributed by atoms with Crippen LogP contribution < -0.4 is 5.32 Å². The minimum absolute atomic E-state index is 0.203. The number of hydrogen-bond donors (Lipinski definition) is 2. The summed E-state index contributed by atoms with van der Waals surface area (Å²) in [6, 6.07) is 5.92. The number of nitrogens with zero attached hydrogens (tertiary/aromatic N) is 2. The minimum atomic E-state index is -0.788. The Bertz CT molecular complexity index is 651. The van der Waals surface area contributed by atoms with Crippen LogP contribution in [0.25, 0.3) is 5.69 Å². The molecule has 1 fully saturated rings. The smallest absolute Gasteiger partial charge is 0.251 e. The fourth-order valence-corrected chi connectivity index (χ4v) is 2.35. The normalized spacial score (nSPS) is 16.3. The Hall–Kier alpha value is -2.21. The van der Waals surface area contributed by atoms with Crippen LogP contribution in [-0.2, 0) is 0 Å². The van der Waals surface area contributed by atoms with E-state index in [9.17, 15) is 14.3 Å². The maximum absolute atomic E-state index is 14.0. The van der Waals surface area contributed by atoms with E-state index >= 15 is 0 Å². The molecule has 1 saturated carbocycles. The monoisotopic (exact) mass is 289 g/mol. The quantitative estimate of drug-likeness (QED) is 0.899. The summed E-state index contributed by atoms with van der Waals surface area (Å²) in [4.78, 5) is 12.0. The van der Waals surface area contributed by atoms with Crippen molar-refractivity contribution in [1.82, 2.24) is 15.1 Å². The van der Waals surface area contributed by atoms with Gasteiger partial charge in [-0.15, -0.1) is 0 Å². The summed E-state index contributed by atoms with van der Waals surface area (Å²) in [5, 5.41) is 16.5. The highest BCUT2D eigenvalue weighted by molar-refractivity contribution is 5.94. The van der Waals surface area contributed by atoms with Gasteiger partial charge < -0.3 is 10.4 Å². The van der Waals surface area contributed by atoms with Crippen molar-refractivity contribution in [1.29, 1.82) is 0 Å². The summed E-state index contributed by atoms with van der Waals surface area (Å²) in [7, 11) is 0. The summed E-state index contributed by atoms with van der Waals surface area (Å²) in [5.74, 6) is -0.907. The Morgan fingerprint density at radius 3 is 2.86 bits per heavy atom. The zero-order chi connectivity index (χ0) is 14.9. The highest BCUT2D eigenvalue weighted by Crippen LogP contribution is 2.30. The molecule has 6 heteroatoms. The van der Waals surface area contributed by atoms with Crippen LogP contribution in [0, 0.1) is 5.82 Å². The highest BCUT2D eigenvalue weighted by atomic mass is 19.1. The van der Waals surface area contributed by atoms with Crippen molar-refractivity contribution in [3.05, 3.63) is 48.0 Å². The molecule has 0 atom stereocenters. The van der Waals surface area contributed by atoms with Gasteiger partial charge in [-0.25, -0.2) is 9.07 Å². The molecular formula is C15H16FN3O2.